The first kappa shape index (κ1) is 18.9. The molecule has 0 N–H and O–H groups in total. The first-order valence-electron chi connectivity index (χ1n) is 11.4. The van der Waals surface area contributed by atoms with Crippen molar-refractivity contribution in [2.75, 3.05) is 0 Å². The maximum Gasteiger partial charge on any atom is 0.262 e. The molecule has 0 fully saturated rings. The molecule has 0 aliphatic rings. The smallest absolute Gasteiger partial charge is 0.262 e. The number of aromatic nitrogens is 2. The van der Waals surface area contributed by atoms with E-state index in [0.29, 0.717) is 5.56 Å². The summed E-state index contributed by atoms with van der Waals surface area (Å²) in [6.45, 7) is 0. The molecule has 0 radical (unpaired) electrons. The summed E-state index contributed by atoms with van der Waals surface area (Å²) in [5.74, 6) is -0.0295. The molecule has 2 heterocycles. The van der Waals surface area contributed by atoms with Crippen molar-refractivity contribution in [1.82, 2.24) is 9.13 Å². The van der Waals surface area contributed by atoms with Crippen LogP contribution in [0, 0.1) is 0 Å². The molecule has 160 valence electrons. The summed E-state index contributed by atoms with van der Waals surface area (Å²) in [5, 5.41) is 5.55. The van der Waals surface area contributed by atoms with Crippen LogP contribution in [0.25, 0.3) is 49.2 Å². The maximum atomic E-state index is 13.8. The average molecular weight is 437 g/mol. The van der Waals surface area contributed by atoms with Crippen LogP contribution in [-0.4, -0.2) is 15.0 Å². The second kappa shape index (κ2) is 7.19. The topological polar surface area (TPSA) is 26.9 Å². The van der Waals surface area contributed by atoms with Gasteiger partial charge in [0.25, 0.3) is 5.91 Å². The quantitative estimate of drug-likeness (QED) is 0.274. The van der Waals surface area contributed by atoms with Gasteiger partial charge in [-0.3, -0.25) is 9.36 Å². The number of nitrogens with zero attached hydrogens (tertiary/aromatic N) is 2. The zero-order valence-corrected chi connectivity index (χ0v) is 18.3. The highest BCUT2D eigenvalue weighted by atomic mass is 16.2. The number of para-hydroxylation sites is 2. The number of carbonyl (C=O) groups is 1. The fraction of sp³-hybridized carbons (Fsp3) is 0. The zero-order valence-electron chi connectivity index (χ0n) is 18.3. The highest BCUT2D eigenvalue weighted by Gasteiger charge is 2.20. The SMILES string of the molecule is O=C(c1ccc2ccccc2c1)n1ccc2ccc3c4ccccc4n(-c4ccccc4)c3c21. The first-order valence-corrected chi connectivity index (χ1v) is 11.4. The standard InChI is InChI=1S/C31H20N2O/c34-31(24-15-14-21-8-4-5-9-23(21)20-24)32-19-18-22-16-17-27-26-12-6-7-13-28(26)33(30(27)29(22)32)25-10-2-1-3-11-25/h1-20H. The van der Waals surface area contributed by atoms with Crippen molar-refractivity contribution in [1.29, 1.82) is 0 Å². The molecule has 0 atom stereocenters. The van der Waals surface area contributed by atoms with Crippen molar-refractivity contribution in [2.24, 2.45) is 0 Å². The van der Waals surface area contributed by atoms with E-state index in [2.05, 4.69) is 71.3 Å². The summed E-state index contributed by atoms with van der Waals surface area (Å²) >= 11 is 0. The lowest BCUT2D eigenvalue weighted by molar-refractivity contribution is 0.0965. The fourth-order valence-electron chi connectivity index (χ4n) is 5.15. The van der Waals surface area contributed by atoms with Gasteiger partial charge in [0.05, 0.1) is 16.6 Å². The molecule has 34 heavy (non-hydrogen) atoms. The Labute approximate surface area is 196 Å². The summed E-state index contributed by atoms with van der Waals surface area (Å²) in [4.78, 5) is 13.8. The molecular formula is C31H20N2O. The lowest BCUT2D eigenvalue weighted by Crippen LogP contribution is -2.11. The van der Waals surface area contributed by atoms with Crippen LogP contribution in [0.4, 0.5) is 0 Å². The molecule has 0 aliphatic carbocycles. The van der Waals surface area contributed by atoms with Gasteiger partial charge >= 0.3 is 0 Å². The summed E-state index contributed by atoms with van der Waals surface area (Å²) in [5.41, 5.74) is 4.85. The number of fused-ring (bicyclic) bond motifs is 6. The van der Waals surface area contributed by atoms with Crippen LogP contribution >= 0.6 is 0 Å². The number of rotatable bonds is 2. The van der Waals surface area contributed by atoms with Gasteiger partial charge < -0.3 is 4.57 Å². The second-order valence-corrected chi connectivity index (χ2v) is 8.64. The molecule has 2 aromatic heterocycles. The predicted molar refractivity (Wildman–Crippen MR) is 140 cm³/mol. The molecule has 0 bridgehead atoms. The van der Waals surface area contributed by atoms with Crippen LogP contribution in [0.3, 0.4) is 0 Å². The van der Waals surface area contributed by atoms with E-state index >= 15 is 0 Å². The first-order chi connectivity index (χ1) is 16.8. The third-order valence-electron chi connectivity index (χ3n) is 6.71. The Kier molecular flexibility index (Phi) is 4.00. The molecule has 0 aliphatic heterocycles. The van der Waals surface area contributed by atoms with Gasteiger partial charge in [-0.1, -0.05) is 78.9 Å². The lowest BCUT2D eigenvalue weighted by atomic mass is 10.1. The molecule has 0 unspecified atom stereocenters. The minimum atomic E-state index is -0.0295. The van der Waals surface area contributed by atoms with Crippen LogP contribution < -0.4 is 0 Å². The van der Waals surface area contributed by atoms with Crippen LogP contribution in [0.5, 0.6) is 0 Å². The van der Waals surface area contributed by atoms with Crippen LogP contribution in [0.1, 0.15) is 10.4 Å². The second-order valence-electron chi connectivity index (χ2n) is 8.64. The van der Waals surface area contributed by atoms with Crippen molar-refractivity contribution in [3.05, 3.63) is 127 Å². The average Bonchev–Trinajstić information content (AvgIpc) is 3.48. The van der Waals surface area contributed by atoms with E-state index in [4.69, 9.17) is 0 Å². The molecule has 0 spiro atoms. The Hall–Kier alpha value is -4.63. The molecule has 0 amide bonds. The Morgan fingerprint density at radius 3 is 2.18 bits per heavy atom. The van der Waals surface area contributed by atoms with E-state index in [-0.39, 0.29) is 5.91 Å². The molecule has 0 saturated heterocycles. The van der Waals surface area contributed by atoms with Crippen molar-refractivity contribution < 1.29 is 4.79 Å². The Bertz CT molecular complexity index is 1870. The van der Waals surface area contributed by atoms with Crippen molar-refractivity contribution in [2.45, 2.75) is 0 Å². The van der Waals surface area contributed by atoms with Gasteiger partial charge in [0.15, 0.2) is 0 Å². The van der Waals surface area contributed by atoms with E-state index in [1.165, 1.54) is 5.39 Å². The third kappa shape index (κ3) is 2.67. The van der Waals surface area contributed by atoms with E-state index in [0.717, 1.165) is 43.8 Å². The monoisotopic (exact) mass is 436 g/mol. The van der Waals surface area contributed by atoms with Gasteiger partial charge in [0.1, 0.15) is 0 Å². The summed E-state index contributed by atoms with van der Waals surface area (Å²) in [6, 6.07) is 39.2. The molecule has 3 nitrogen and oxygen atoms in total. The van der Waals surface area contributed by atoms with Gasteiger partial charge in [-0.2, -0.15) is 0 Å². The number of benzene rings is 5. The van der Waals surface area contributed by atoms with Gasteiger partial charge in [0.2, 0.25) is 0 Å². The number of carbonyl (C=O) groups excluding carboxylic acids is 1. The minimum absolute atomic E-state index is 0.0295. The summed E-state index contributed by atoms with van der Waals surface area (Å²) < 4.78 is 4.08. The number of hydrogen-bond donors (Lipinski definition) is 0. The van der Waals surface area contributed by atoms with Crippen molar-refractivity contribution in [3.63, 3.8) is 0 Å². The van der Waals surface area contributed by atoms with Gasteiger partial charge in [-0.15, -0.1) is 0 Å². The molecule has 7 aromatic rings. The van der Waals surface area contributed by atoms with Crippen LogP contribution in [0.2, 0.25) is 0 Å². The van der Waals surface area contributed by atoms with Crippen molar-refractivity contribution >= 4 is 49.4 Å². The van der Waals surface area contributed by atoms with E-state index < -0.39 is 0 Å². The molecule has 0 saturated carbocycles. The van der Waals surface area contributed by atoms with E-state index in [9.17, 15) is 4.79 Å². The van der Waals surface area contributed by atoms with E-state index in [1.807, 2.05) is 54.7 Å². The van der Waals surface area contributed by atoms with Crippen LogP contribution in [-0.2, 0) is 0 Å². The van der Waals surface area contributed by atoms with Crippen LogP contribution in [0.15, 0.2) is 121 Å². The summed E-state index contributed by atoms with van der Waals surface area (Å²) in [6.07, 6.45) is 1.90. The third-order valence-corrected chi connectivity index (χ3v) is 6.71. The zero-order chi connectivity index (χ0) is 22.6. The fourth-order valence-corrected chi connectivity index (χ4v) is 5.15. The van der Waals surface area contributed by atoms with Gasteiger partial charge in [-0.25, -0.2) is 0 Å². The molecule has 5 aromatic carbocycles. The highest BCUT2D eigenvalue weighted by molar-refractivity contribution is 6.20. The Morgan fingerprint density at radius 1 is 0.559 bits per heavy atom. The Balaban J connectivity index is 1.56. The highest BCUT2D eigenvalue weighted by Crippen LogP contribution is 2.37. The predicted octanol–water partition coefficient (Wildman–Crippen LogP) is 7.58. The largest absolute Gasteiger partial charge is 0.307 e. The molecule has 7 rings (SSSR count). The Morgan fingerprint density at radius 2 is 1.29 bits per heavy atom. The summed E-state index contributed by atoms with van der Waals surface area (Å²) in [7, 11) is 0. The minimum Gasteiger partial charge on any atom is -0.307 e. The van der Waals surface area contributed by atoms with Gasteiger partial charge in [-0.05, 0) is 47.2 Å². The van der Waals surface area contributed by atoms with E-state index in [1.54, 1.807) is 4.57 Å². The molecule has 3 heteroatoms. The normalized spacial score (nSPS) is 11.6. The van der Waals surface area contributed by atoms with Crippen molar-refractivity contribution in [3.8, 4) is 5.69 Å². The maximum absolute atomic E-state index is 13.8. The lowest BCUT2D eigenvalue weighted by Gasteiger charge is -2.11. The van der Waals surface area contributed by atoms with Gasteiger partial charge in [0, 0.05) is 33.6 Å². The molecular weight excluding hydrogens is 416 g/mol. The number of hydrogen-bond acceptors (Lipinski definition) is 1.